The fourth-order valence-corrected chi connectivity index (χ4v) is 3.05. The lowest BCUT2D eigenvalue weighted by Gasteiger charge is -2.24. The first kappa shape index (κ1) is 23.9. The monoisotopic (exact) mass is 339 g/mol. The molecule has 0 aliphatic heterocycles. The van der Waals surface area contributed by atoms with Crippen LogP contribution in [-0.2, 0) is 9.47 Å². The summed E-state index contributed by atoms with van der Waals surface area (Å²) in [5, 5.41) is 3.53. The normalized spacial score (nSPS) is 14.0. The summed E-state index contributed by atoms with van der Waals surface area (Å²) in [6.45, 7) is 6.30. The van der Waals surface area contributed by atoms with Gasteiger partial charge in [0.15, 0.2) is 0 Å². The quantitative estimate of drug-likeness (QED) is 0.270. The topological polar surface area (TPSA) is 30.5 Å². The van der Waals surface area contributed by atoms with Gasteiger partial charge >= 0.3 is 0 Å². The van der Waals surface area contributed by atoms with Crippen LogP contribution in [-0.4, -0.2) is 46.8 Å². The number of rotatable bonds is 19. The number of unbranched alkanes of at least 4 members (excludes halogenated alkanes) is 11. The van der Waals surface area contributed by atoms with E-state index in [4.69, 9.17) is 17.3 Å². The second kappa shape index (κ2) is 19.3. The van der Waals surface area contributed by atoms with E-state index in [9.17, 15) is 0 Å². The molecule has 0 rings (SSSR count). The van der Waals surface area contributed by atoms with Crippen molar-refractivity contribution >= 4 is 7.85 Å². The maximum Gasteiger partial charge on any atom is 0.104 e. The van der Waals surface area contributed by atoms with Crippen LogP contribution in [0.15, 0.2) is 0 Å². The molecule has 0 amide bonds. The first-order valence-corrected chi connectivity index (χ1v) is 10.3. The largest absolute Gasteiger partial charge is 0.384 e. The Hall–Kier alpha value is -0.0551. The number of hydrogen-bond donors (Lipinski definition) is 1. The minimum absolute atomic E-state index is 0.0392. The Morgan fingerprint density at radius 3 is 1.79 bits per heavy atom. The Labute approximate surface area is 153 Å². The molecule has 0 saturated heterocycles. The van der Waals surface area contributed by atoms with Gasteiger partial charge < -0.3 is 14.8 Å². The van der Waals surface area contributed by atoms with Gasteiger partial charge in [-0.3, -0.25) is 0 Å². The smallest absolute Gasteiger partial charge is 0.104 e. The summed E-state index contributed by atoms with van der Waals surface area (Å²) in [5.74, 6) is 0. The molecule has 0 heterocycles. The Morgan fingerprint density at radius 1 is 0.833 bits per heavy atom. The van der Waals surface area contributed by atoms with Crippen molar-refractivity contribution in [2.75, 3.05) is 26.8 Å². The van der Waals surface area contributed by atoms with Gasteiger partial charge in [0.2, 0.25) is 0 Å². The van der Waals surface area contributed by atoms with E-state index < -0.39 is 0 Å². The van der Waals surface area contributed by atoms with Crippen molar-refractivity contribution in [3.05, 3.63) is 0 Å². The van der Waals surface area contributed by atoms with E-state index in [0.717, 1.165) is 6.54 Å². The molecule has 4 heteroatoms. The molecule has 0 aromatic rings. The maximum atomic E-state index is 5.50. The zero-order valence-corrected chi connectivity index (χ0v) is 16.7. The predicted molar refractivity (Wildman–Crippen MR) is 106 cm³/mol. The Bertz CT molecular complexity index is 236. The molecule has 0 aromatic carbocycles. The van der Waals surface area contributed by atoms with Crippen LogP contribution in [0.3, 0.4) is 0 Å². The van der Waals surface area contributed by atoms with Crippen molar-refractivity contribution in [2.24, 2.45) is 0 Å². The molecule has 24 heavy (non-hydrogen) atoms. The third-order valence-electron chi connectivity index (χ3n) is 4.70. The predicted octanol–water partition coefficient (Wildman–Crippen LogP) is 4.82. The molecule has 0 fully saturated rings. The van der Waals surface area contributed by atoms with Gasteiger partial charge in [-0.25, -0.2) is 0 Å². The molecule has 0 saturated carbocycles. The van der Waals surface area contributed by atoms with Crippen molar-refractivity contribution in [2.45, 2.75) is 103 Å². The zero-order chi connectivity index (χ0) is 17.9. The van der Waals surface area contributed by atoms with E-state index >= 15 is 0 Å². The second-order valence-electron chi connectivity index (χ2n) is 6.96. The van der Waals surface area contributed by atoms with Gasteiger partial charge in [0.05, 0.1) is 12.7 Å². The van der Waals surface area contributed by atoms with Gasteiger partial charge in [0.1, 0.15) is 7.85 Å². The summed E-state index contributed by atoms with van der Waals surface area (Å²) in [6.07, 6.45) is 16.7. The number of hydrogen-bond acceptors (Lipinski definition) is 3. The molecule has 0 aromatic heterocycles. The lowest BCUT2D eigenvalue weighted by Crippen LogP contribution is -2.42. The summed E-state index contributed by atoms with van der Waals surface area (Å²) in [7, 11) is 7.17. The molecule has 0 bridgehead atoms. The van der Waals surface area contributed by atoms with Crippen LogP contribution in [0, 0.1) is 0 Å². The Kier molecular flexibility index (Phi) is 19.2. The second-order valence-corrected chi connectivity index (χ2v) is 6.96. The minimum atomic E-state index is 0.0392. The SMILES string of the molecule is [B]CO[C@H](COC)C(C)NCCCCCCCCCCCCCC. The summed E-state index contributed by atoms with van der Waals surface area (Å²) < 4.78 is 10.7. The van der Waals surface area contributed by atoms with Gasteiger partial charge in [0.25, 0.3) is 0 Å². The molecule has 2 radical (unpaired) electrons. The fourth-order valence-electron chi connectivity index (χ4n) is 3.05. The van der Waals surface area contributed by atoms with Crippen LogP contribution in [0.4, 0.5) is 0 Å². The average molecular weight is 339 g/mol. The Morgan fingerprint density at radius 2 is 1.33 bits per heavy atom. The van der Waals surface area contributed by atoms with Crippen molar-refractivity contribution in [1.82, 2.24) is 5.32 Å². The minimum Gasteiger partial charge on any atom is -0.384 e. The van der Waals surface area contributed by atoms with Gasteiger partial charge in [-0.05, 0) is 19.9 Å². The highest BCUT2D eigenvalue weighted by Crippen LogP contribution is 2.11. The van der Waals surface area contributed by atoms with Crippen LogP contribution in [0.25, 0.3) is 0 Å². The molecular formula is C20H42BNO2. The first-order valence-electron chi connectivity index (χ1n) is 10.3. The molecule has 2 atom stereocenters. The van der Waals surface area contributed by atoms with E-state index in [1.54, 1.807) is 7.11 Å². The highest BCUT2D eigenvalue weighted by molar-refractivity contribution is 6.08. The van der Waals surface area contributed by atoms with Crippen LogP contribution in [0.1, 0.15) is 90.9 Å². The molecule has 1 N–H and O–H groups in total. The van der Waals surface area contributed by atoms with Crippen molar-refractivity contribution in [3.8, 4) is 0 Å². The average Bonchev–Trinajstić information content (AvgIpc) is 2.58. The molecule has 1 unspecified atom stereocenters. The van der Waals surface area contributed by atoms with Crippen molar-refractivity contribution in [3.63, 3.8) is 0 Å². The van der Waals surface area contributed by atoms with Crippen LogP contribution >= 0.6 is 0 Å². The van der Waals surface area contributed by atoms with E-state index in [2.05, 4.69) is 19.2 Å². The summed E-state index contributed by atoms with van der Waals surface area (Å²) in [4.78, 5) is 0. The van der Waals surface area contributed by atoms with Crippen LogP contribution < -0.4 is 5.32 Å². The fraction of sp³-hybridized carbons (Fsp3) is 1.00. The molecular weight excluding hydrogens is 297 g/mol. The molecule has 0 spiro atoms. The van der Waals surface area contributed by atoms with Crippen LogP contribution in [0.2, 0.25) is 0 Å². The highest BCUT2D eigenvalue weighted by Gasteiger charge is 2.16. The highest BCUT2D eigenvalue weighted by atomic mass is 16.5. The van der Waals surface area contributed by atoms with Crippen molar-refractivity contribution in [1.29, 1.82) is 0 Å². The summed E-state index contributed by atoms with van der Waals surface area (Å²) >= 11 is 0. The maximum absolute atomic E-state index is 5.50. The molecule has 0 aliphatic carbocycles. The van der Waals surface area contributed by atoms with E-state index in [1.807, 2.05) is 0 Å². The first-order chi connectivity index (χ1) is 11.8. The van der Waals surface area contributed by atoms with E-state index in [0.29, 0.717) is 6.61 Å². The zero-order valence-electron chi connectivity index (χ0n) is 16.7. The summed E-state index contributed by atoms with van der Waals surface area (Å²) in [5.41, 5.74) is 0. The standard InChI is InChI=1S/C20H42BNO2/c1-4-5-6-7-8-9-10-11-12-13-14-15-16-22-19(2)20(17-23-3)24-18-21/h19-20,22H,4-18H2,1-3H3/t19?,20-/m1/s1. The lowest BCUT2D eigenvalue weighted by molar-refractivity contribution is -0.0000315. The third kappa shape index (κ3) is 15.5. The van der Waals surface area contributed by atoms with Gasteiger partial charge in [-0.2, -0.15) is 0 Å². The summed E-state index contributed by atoms with van der Waals surface area (Å²) in [6, 6.07) is 0.279. The van der Waals surface area contributed by atoms with Gasteiger partial charge in [-0.15, -0.1) is 0 Å². The number of ether oxygens (including phenoxy) is 2. The van der Waals surface area contributed by atoms with E-state index in [-0.39, 0.29) is 18.7 Å². The molecule has 142 valence electrons. The van der Waals surface area contributed by atoms with Crippen LogP contribution in [0.5, 0.6) is 0 Å². The lowest BCUT2D eigenvalue weighted by atomic mass is 10.1. The number of nitrogens with one attached hydrogen (secondary N) is 1. The molecule has 3 nitrogen and oxygen atoms in total. The van der Waals surface area contributed by atoms with Crippen molar-refractivity contribution < 1.29 is 9.47 Å². The molecule has 0 aliphatic rings. The van der Waals surface area contributed by atoms with Gasteiger partial charge in [-0.1, -0.05) is 77.6 Å². The van der Waals surface area contributed by atoms with Gasteiger partial charge in [0, 0.05) is 19.7 Å². The Balaban J connectivity index is 3.32. The third-order valence-corrected chi connectivity index (χ3v) is 4.70. The van der Waals surface area contributed by atoms with E-state index in [1.165, 1.54) is 77.0 Å². The number of methoxy groups -OCH3 is 1.